The van der Waals surface area contributed by atoms with Crippen LogP contribution in [0.3, 0.4) is 0 Å². The molecule has 148 valence electrons. The average molecular weight is 389 g/mol. The molecule has 0 saturated heterocycles. The maximum Gasteiger partial charge on any atom is 0.0159 e. The van der Waals surface area contributed by atoms with Gasteiger partial charge in [-0.05, 0) is 62.9 Å². The third-order valence-corrected chi connectivity index (χ3v) is 6.76. The summed E-state index contributed by atoms with van der Waals surface area (Å²) in [6.45, 7) is 7.09. The Morgan fingerprint density at radius 3 is 1.93 bits per heavy atom. The van der Waals surface area contributed by atoms with Crippen LogP contribution in [-0.4, -0.2) is 0 Å². The molecule has 0 fully saturated rings. The minimum atomic E-state index is 0.0118. The molecule has 1 aliphatic carbocycles. The Balaban J connectivity index is 1.52. The molecule has 0 aliphatic heterocycles. The lowest BCUT2D eigenvalue weighted by molar-refractivity contribution is 0.656. The summed E-state index contributed by atoms with van der Waals surface area (Å²) in [5.41, 5.74) is 11.1. The lowest BCUT2D eigenvalue weighted by Gasteiger charge is -2.23. The molecular weight excluding hydrogens is 360 g/mol. The van der Waals surface area contributed by atoms with Crippen LogP contribution in [0.15, 0.2) is 97.1 Å². The Labute approximate surface area is 180 Å². The van der Waals surface area contributed by atoms with Crippen LogP contribution in [0.2, 0.25) is 0 Å². The summed E-state index contributed by atoms with van der Waals surface area (Å²) in [5, 5.41) is 0. The van der Waals surface area contributed by atoms with Crippen molar-refractivity contribution in [3.8, 4) is 22.3 Å². The summed E-state index contributed by atoms with van der Waals surface area (Å²) in [6.07, 6.45) is 1.07. The average Bonchev–Trinajstić information content (AvgIpc) is 3.01. The quantitative estimate of drug-likeness (QED) is 0.332. The molecule has 4 aromatic rings. The molecular formula is C30H28. The van der Waals surface area contributed by atoms with Gasteiger partial charge in [-0.15, -0.1) is 0 Å². The van der Waals surface area contributed by atoms with Crippen LogP contribution in [0.5, 0.6) is 0 Å². The van der Waals surface area contributed by atoms with Crippen molar-refractivity contribution in [2.75, 3.05) is 0 Å². The number of fused-ring (bicyclic) bond motifs is 3. The lowest BCUT2D eigenvalue weighted by Crippen LogP contribution is -2.15. The topological polar surface area (TPSA) is 0 Å². The van der Waals surface area contributed by atoms with Gasteiger partial charge in [-0.1, -0.05) is 112 Å². The van der Waals surface area contributed by atoms with Gasteiger partial charge in [0.1, 0.15) is 0 Å². The highest BCUT2D eigenvalue weighted by Gasteiger charge is 2.36. The van der Waals surface area contributed by atoms with Gasteiger partial charge >= 0.3 is 0 Å². The fourth-order valence-electron chi connectivity index (χ4n) is 4.96. The normalized spacial score (nSPS) is 14.8. The van der Waals surface area contributed by atoms with Crippen molar-refractivity contribution in [1.29, 1.82) is 0 Å². The van der Waals surface area contributed by atoms with E-state index in [1.54, 1.807) is 0 Å². The van der Waals surface area contributed by atoms with Crippen LogP contribution in [0.1, 0.15) is 48.9 Å². The van der Waals surface area contributed by atoms with Crippen molar-refractivity contribution in [3.05, 3.63) is 119 Å². The summed E-state index contributed by atoms with van der Waals surface area (Å²) < 4.78 is 0. The molecule has 0 amide bonds. The fraction of sp³-hybridized carbons (Fsp3) is 0.200. The number of benzene rings is 4. The van der Waals surface area contributed by atoms with Gasteiger partial charge in [-0.3, -0.25) is 0 Å². The Morgan fingerprint density at radius 1 is 0.633 bits per heavy atom. The summed E-state index contributed by atoms with van der Waals surface area (Å²) in [7, 11) is 0. The second-order valence-corrected chi connectivity index (χ2v) is 9.15. The smallest absolute Gasteiger partial charge is 0.0159 e. The molecule has 0 heterocycles. The maximum absolute atomic E-state index is 2.46. The number of rotatable bonds is 4. The molecule has 0 nitrogen and oxygen atoms in total. The second-order valence-electron chi connectivity index (χ2n) is 9.15. The van der Waals surface area contributed by atoms with E-state index in [0.717, 1.165) is 6.42 Å². The van der Waals surface area contributed by atoms with Crippen LogP contribution < -0.4 is 0 Å². The highest BCUT2D eigenvalue weighted by molar-refractivity contribution is 5.83. The minimum absolute atomic E-state index is 0.0118. The predicted octanol–water partition coefficient (Wildman–Crippen LogP) is 8.01. The first-order valence-electron chi connectivity index (χ1n) is 10.9. The van der Waals surface area contributed by atoms with E-state index in [0.29, 0.717) is 5.92 Å². The molecule has 0 spiro atoms. The molecule has 1 atom stereocenters. The zero-order valence-electron chi connectivity index (χ0n) is 18.0. The fourth-order valence-corrected chi connectivity index (χ4v) is 4.96. The van der Waals surface area contributed by atoms with Crippen molar-refractivity contribution < 1.29 is 0 Å². The number of hydrogen-bond acceptors (Lipinski definition) is 0. The van der Waals surface area contributed by atoms with Gasteiger partial charge in [0, 0.05) is 5.41 Å². The van der Waals surface area contributed by atoms with Gasteiger partial charge in [-0.2, -0.15) is 0 Å². The Morgan fingerprint density at radius 2 is 1.23 bits per heavy atom. The van der Waals surface area contributed by atoms with E-state index in [2.05, 4.69) is 118 Å². The van der Waals surface area contributed by atoms with Crippen molar-refractivity contribution in [2.45, 2.75) is 38.5 Å². The third-order valence-electron chi connectivity index (χ3n) is 6.76. The van der Waals surface area contributed by atoms with Gasteiger partial charge < -0.3 is 0 Å². The van der Waals surface area contributed by atoms with Gasteiger partial charge in [0.15, 0.2) is 0 Å². The van der Waals surface area contributed by atoms with E-state index in [4.69, 9.17) is 0 Å². The van der Waals surface area contributed by atoms with Crippen molar-refractivity contribution >= 4 is 0 Å². The van der Waals surface area contributed by atoms with E-state index in [9.17, 15) is 0 Å². The molecule has 4 aromatic carbocycles. The van der Waals surface area contributed by atoms with Crippen LogP contribution in [0.25, 0.3) is 22.3 Å². The minimum Gasteiger partial charge on any atom is -0.0622 e. The molecule has 0 heteroatoms. The van der Waals surface area contributed by atoms with E-state index in [-0.39, 0.29) is 5.41 Å². The van der Waals surface area contributed by atoms with Crippen molar-refractivity contribution in [2.24, 2.45) is 0 Å². The van der Waals surface area contributed by atoms with E-state index in [1.807, 2.05) is 0 Å². The van der Waals surface area contributed by atoms with Gasteiger partial charge in [0.05, 0.1) is 0 Å². The molecule has 0 N–H and O–H groups in total. The summed E-state index contributed by atoms with van der Waals surface area (Å²) in [4.78, 5) is 0. The zero-order chi connectivity index (χ0) is 20.7. The predicted molar refractivity (Wildman–Crippen MR) is 128 cm³/mol. The Hall–Kier alpha value is -3.12. The van der Waals surface area contributed by atoms with Crippen molar-refractivity contribution in [3.63, 3.8) is 0 Å². The molecule has 5 rings (SSSR count). The molecule has 0 saturated carbocycles. The highest BCUT2D eigenvalue weighted by Crippen LogP contribution is 2.50. The zero-order valence-corrected chi connectivity index (χ0v) is 18.0. The largest absolute Gasteiger partial charge is 0.0622 e. The molecule has 0 aromatic heterocycles. The summed E-state index contributed by atoms with van der Waals surface area (Å²) >= 11 is 0. The first kappa shape index (κ1) is 18.9. The second kappa shape index (κ2) is 7.29. The first-order chi connectivity index (χ1) is 14.5. The van der Waals surface area contributed by atoms with E-state index in [1.165, 1.54) is 44.5 Å². The lowest BCUT2D eigenvalue weighted by atomic mass is 9.80. The standard InChI is InChI=1S/C30H28/c1-21(18-22-10-6-4-7-11-22)24-14-16-26-27-17-15-25(23-12-8-5-9-13-23)20-29(27)30(2,3)28(26)19-24/h4-17,19-21H,18H2,1-3H3. The van der Waals surface area contributed by atoms with Crippen LogP contribution in [0.4, 0.5) is 0 Å². The molecule has 0 bridgehead atoms. The molecule has 30 heavy (non-hydrogen) atoms. The summed E-state index contributed by atoms with van der Waals surface area (Å²) in [6, 6.07) is 35.7. The van der Waals surface area contributed by atoms with Gasteiger partial charge in [0.25, 0.3) is 0 Å². The molecule has 1 aliphatic rings. The van der Waals surface area contributed by atoms with Crippen molar-refractivity contribution in [1.82, 2.24) is 0 Å². The van der Waals surface area contributed by atoms with E-state index >= 15 is 0 Å². The van der Waals surface area contributed by atoms with Crippen LogP contribution in [0, 0.1) is 0 Å². The summed E-state index contributed by atoms with van der Waals surface area (Å²) in [5.74, 6) is 0.497. The number of hydrogen-bond donors (Lipinski definition) is 0. The monoisotopic (exact) mass is 388 g/mol. The third kappa shape index (κ3) is 3.17. The molecule has 1 unspecified atom stereocenters. The van der Waals surface area contributed by atoms with Gasteiger partial charge in [-0.25, -0.2) is 0 Å². The van der Waals surface area contributed by atoms with Gasteiger partial charge in [0.2, 0.25) is 0 Å². The van der Waals surface area contributed by atoms with Crippen LogP contribution in [-0.2, 0) is 11.8 Å². The Bertz CT molecular complexity index is 1180. The SMILES string of the molecule is CC(Cc1ccccc1)c1ccc2c(c1)C(C)(C)c1cc(-c3ccccc3)ccc1-2. The maximum atomic E-state index is 2.46. The Kier molecular flexibility index (Phi) is 4.59. The highest BCUT2D eigenvalue weighted by atomic mass is 14.4. The first-order valence-corrected chi connectivity index (χ1v) is 10.9. The molecule has 0 radical (unpaired) electrons. The van der Waals surface area contributed by atoms with Crippen LogP contribution >= 0.6 is 0 Å². The van der Waals surface area contributed by atoms with E-state index < -0.39 is 0 Å².